The van der Waals surface area contributed by atoms with Crippen LogP contribution in [-0.4, -0.2) is 30.9 Å². The van der Waals surface area contributed by atoms with Crippen LogP contribution in [0.1, 0.15) is 40.9 Å². The van der Waals surface area contributed by atoms with Gasteiger partial charge in [0.25, 0.3) is 5.78 Å². The van der Waals surface area contributed by atoms with Crippen molar-refractivity contribution >= 4 is 46.5 Å². The van der Waals surface area contributed by atoms with Gasteiger partial charge in [0.15, 0.2) is 0 Å². The Morgan fingerprint density at radius 2 is 1.22 bits per heavy atom. The topological polar surface area (TPSA) is 69.7 Å². The number of carbonyl (C=O) groups excluding carboxylic acids is 3. The first-order valence-electron chi connectivity index (χ1n) is 9.49. The third kappa shape index (κ3) is 7.73. The summed E-state index contributed by atoms with van der Waals surface area (Å²) in [7, 11) is 0. The van der Waals surface area contributed by atoms with Gasteiger partial charge >= 0.3 is 11.9 Å². The van der Waals surface area contributed by atoms with E-state index >= 15 is 0 Å². The molecule has 0 aliphatic rings. The van der Waals surface area contributed by atoms with Gasteiger partial charge in [0, 0.05) is 5.56 Å². The second-order valence-electron chi connectivity index (χ2n) is 6.37. The number of esters is 2. The van der Waals surface area contributed by atoms with Crippen molar-refractivity contribution in [2.45, 2.75) is 27.7 Å². The van der Waals surface area contributed by atoms with Crippen molar-refractivity contribution in [1.82, 2.24) is 0 Å². The summed E-state index contributed by atoms with van der Waals surface area (Å²) in [6.07, 6.45) is 0. The number of aryl methyl sites for hydroxylation is 2. The van der Waals surface area contributed by atoms with Gasteiger partial charge in [-0.1, -0.05) is 41.4 Å². The normalized spacial score (nSPS) is 9.88. The Morgan fingerprint density at radius 1 is 0.781 bits per heavy atom. The van der Waals surface area contributed by atoms with Crippen LogP contribution in [0.25, 0.3) is 5.57 Å². The van der Waals surface area contributed by atoms with Crippen LogP contribution in [0.3, 0.4) is 0 Å². The summed E-state index contributed by atoms with van der Waals surface area (Å²) < 4.78 is 35.9. The van der Waals surface area contributed by atoms with Gasteiger partial charge in [0.05, 0.1) is 24.4 Å². The zero-order valence-electron chi connectivity index (χ0n) is 17.9. The molecule has 5 nitrogen and oxygen atoms in total. The Kier molecular flexibility index (Phi) is 11.0. The average molecular weight is 487 g/mol. The minimum absolute atomic E-state index is 0.0362. The number of hydrogen-bond acceptors (Lipinski definition) is 5. The average Bonchev–Trinajstić information content (AvgIpc) is 2.70. The Morgan fingerprint density at radius 3 is 1.62 bits per heavy atom. The van der Waals surface area contributed by atoms with E-state index in [1.54, 1.807) is 39.8 Å². The maximum Gasteiger partial charge on any atom is 0.379 e. The molecule has 0 N–H and O–H groups in total. The van der Waals surface area contributed by atoms with E-state index in [0.29, 0.717) is 5.56 Å². The molecule has 0 heterocycles. The number of ether oxygens (including phenoxy) is 2. The van der Waals surface area contributed by atoms with E-state index in [9.17, 15) is 23.2 Å². The maximum absolute atomic E-state index is 13.7. The summed E-state index contributed by atoms with van der Waals surface area (Å²) in [5, 5.41) is 0. The number of ketones is 1. The Balaban J connectivity index is 0.000000323. The predicted molar refractivity (Wildman–Crippen MR) is 118 cm³/mol. The SMILES string of the molecule is CCOC(=O)C(=C(Cl)Cl)c1ccc(C)cc1F.CCOC(=O)C(=O)c1ccc(C)cc1F. The number of benzene rings is 2. The van der Waals surface area contributed by atoms with Crippen molar-refractivity contribution in [3.05, 3.63) is 74.8 Å². The molecule has 0 aliphatic carbocycles. The lowest BCUT2D eigenvalue weighted by Crippen LogP contribution is -2.18. The minimum atomic E-state index is -1.03. The highest BCUT2D eigenvalue weighted by Crippen LogP contribution is 2.28. The second-order valence-corrected chi connectivity index (χ2v) is 7.32. The van der Waals surface area contributed by atoms with Gasteiger partial charge in [-0.05, 0) is 57.0 Å². The van der Waals surface area contributed by atoms with Gasteiger partial charge in [-0.3, -0.25) is 4.79 Å². The molecule has 0 atom stereocenters. The highest BCUT2D eigenvalue weighted by molar-refractivity contribution is 6.61. The molecule has 0 saturated carbocycles. The van der Waals surface area contributed by atoms with Crippen molar-refractivity contribution in [2.24, 2.45) is 0 Å². The van der Waals surface area contributed by atoms with E-state index in [2.05, 4.69) is 4.74 Å². The van der Waals surface area contributed by atoms with Gasteiger partial charge in [-0.15, -0.1) is 0 Å². The fraction of sp³-hybridized carbons (Fsp3) is 0.261. The van der Waals surface area contributed by atoms with E-state index in [1.165, 1.54) is 24.3 Å². The van der Waals surface area contributed by atoms with Crippen LogP contribution in [0.15, 0.2) is 40.9 Å². The van der Waals surface area contributed by atoms with Gasteiger partial charge in [-0.2, -0.15) is 0 Å². The molecule has 2 rings (SSSR count). The molecule has 0 aliphatic heterocycles. The van der Waals surface area contributed by atoms with Crippen LogP contribution in [0.5, 0.6) is 0 Å². The number of hydrogen-bond donors (Lipinski definition) is 0. The van der Waals surface area contributed by atoms with Crippen molar-refractivity contribution in [1.29, 1.82) is 0 Å². The monoisotopic (exact) mass is 486 g/mol. The standard InChI is InChI=1S/C12H11Cl2FO2.C11H11FO3/c1-3-17-12(16)10(11(13)14)8-5-4-7(2)6-9(8)15;1-3-15-11(14)10(13)8-5-4-7(2)6-9(8)12/h4-6H,3H2,1-2H3;4-6H,3H2,1-2H3. The Labute approximate surface area is 194 Å². The van der Waals surface area contributed by atoms with Crippen molar-refractivity contribution < 1.29 is 32.6 Å². The first-order chi connectivity index (χ1) is 15.0. The van der Waals surface area contributed by atoms with Crippen LogP contribution in [0.2, 0.25) is 0 Å². The first-order valence-corrected chi connectivity index (χ1v) is 10.3. The quantitative estimate of drug-likeness (QED) is 0.226. The summed E-state index contributed by atoms with van der Waals surface area (Å²) in [6.45, 7) is 6.92. The van der Waals surface area contributed by atoms with Crippen molar-refractivity contribution in [2.75, 3.05) is 13.2 Å². The Hall–Kier alpha value is -2.77. The summed E-state index contributed by atoms with van der Waals surface area (Å²) in [5.41, 5.74) is 1.05. The maximum atomic E-state index is 13.7. The highest BCUT2D eigenvalue weighted by atomic mass is 35.5. The Bertz CT molecular complexity index is 1030. The molecule has 0 saturated heterocycles. The fourth-order valence-corrected chi connectivity index (χ4v) is 2.78. The molecule has 9 heteroatoms. The molecule has 0 spiro atoms. The van der Waals surface area contributed by atoms with Crippen molar-refractivity contribution in [3.8, 4) is 0 Å². The molecule has 0 amide bonds. The molecule has 0 aromatic heterocycles. The van der Waals surface area contributed by atoms with Crippen LogP contribution in [-0.2, 0) is 19.1 Å². The number of rotatable bonds is 6. The molecule has 0 unspecified atom stereocenters. The molecule has 0 bridgehead atoms. The zero-order valence-corrected chi connectivity index (χ0v) is 19.4. The van der Waals surface area contributed by atoms with Crippen molar-refractivity contribution in [3.63, 3.8) is 0 Å². The summed E-state index contributed by atoms with van der Waals surface area (Å²) in [5.74, 6) is -3.98. The van der Waals surface area contributed by atoms with Gasteiger partial charge in [-0.25, -0.2) is 18.4 Å². The van der Waals surface area contributed by atoms with E-state index in [4.69, 9.17) is 27.9 Å². The summed E-state index contributed by atoms with van der Waals surface area (Å²) in [4.78, 5) is 34.0. The van der Waals surface area contributed by atoms with Gasteiger partial charge in [0.1, 0.15) is 16.1 Å². The van der Waals surface area contributed by atoms with E-state index in [-0.39, 0.29) is 34.4 Å². The molecule has 2 aromatic rings. The fourth-order valence-electron chi connectivity index (χ4n) is 2.43. The lowest BCUT2D eigenvalue weighted by molar-refractivity contribution is -0.137. The van der Waals surface area contributed by atoms with E-state index < -0.39 is 29.4 Å². The lowest BCUT2D eigenvalue weighted by Gasteiger charge is -2.09. The first kappa shape index (κ1) is 27.3. The van der Waals surface area contributed by atoms with Crippen LogP contribution in [0, 0.1) is 25.5 Å². The second kappa shape index (κ2) is 12.9. The molecule has 32 heavy (non-hydrogen) atoms. The van der Waals surface area contributed by atoms with Gasteiger partial charge in [0.2, 0.25) is 0 Å². The number of halogens is 4. The number of Topliss-reactive ketones (excluding diaryl/α,β-unsaturated/α-hetero) is 1. The third-order valence-electron chi connectivity index (χ3n) is 3.89. The molecule has 0 radical (unpaired) electrons. The minimum Gasteiger partial charge on any atom is -0.462 e. The predicted octanol–water partition coefficient (Wildman–Crippen LogP) is 5.72. The largest absolute Gasteiger partial charge is 0.462 e. The molecule has 172 valence electrons. The van der Waals surface area contributed by atoms with E-state index in [1.807, 2.05) is 0 Å². The molecule has 2 aromatic carbocycles. The van der Waals surface area contributed by atoms with E-state index in [0.717, 1.165) is 5.56 Å². The molecular weight excluding hydrogens is 465 g/mol. The highest BCUT2D eigenvalue weighted by Gasteiger charge is 2.21. The lowest BCUT2D eigenvalue weighted by atomic mass is 10.1. The molecular formula is C23H22Cl2F2O5. The third-order valence-corrected chi connectivity index (χ3v) is 4.27. The summed E-state index contributed by atoms with van der Waals surface area (Å²) in [6, 6.07) is 8.45. The van der Waals surface area contributed by atoms with Crippen LogP contribution < -0.4 is 0 Å². The van der Waals surface area contributed by atoms with Gasteiger partial charge < -0.3 is 9.47 Å². The summed E-state index contributed by atoms with van der Waals surface area (Å²) >= 11 is 11.2. The number of carbonyl (C=O) groups is 3. The van der Waals surface area contributed by atoms with Crippen LogP contribution in [0.4, 0.5) is 8.78 Å². The zero-order chi connectivity index (χ0) is 24.4. The smallest absolute Gasteiger partial charge is 0.379 e. The van der Waals surface area contributed by atoms with Crippen LogP contribution >= 0.6 is 23.2 Å². The molecule has 0 fully saturated rings.